The summed E-state index contributed by atoms with van der Waals surface area (Å²) in [5.74, 6) is -1.39. The van der Waals surface area contributed by atoms with Gasteiger partial charge in [-0.3, -0.25) is 14.6 Å². The van der Waals surface area contributed by atoms with Gasteiger partial charge in [-0.15, -0.1) is 23.1 Å². The zero-order valence-electron chi connectivity index (χ0n) is 21.7. The third-order valence-electron chi connectivity index (χ3n) is 7.02. The molecule has 7 nitrogen and oxygen atoms in total. The predicted molar refractivity (Wildman–Crippen MR) is 149 cm³/mol. The summed E-state index contributed by atoms with van der Waals surface area (Å²) in [7, 11) is 0. The fraction of sp³-hybridized carbons (Fsp3) is 0.481. The predicted octanol–water partition coefficient (Wildman–Crippen LogP) is 6.78. The third kappa shape index (κ3) is 6.49. The van der Waals surface area contributed by atoms with Gasteiger partial charge >= 0.3 is 12.1 Å². The summed E-state index contributed by atoms with van der Waals surface area (Å²) in [5, 5.41) is 12.3. The Morgan fingerprint density at radius 1 is 1.13 bits per heavy atom. The monoisotopic (exact) mass is 581 g/mol. The number of benzene rings is 1. The highest BCUT2D eigenvalue weighted by atomic mass is 32.2. The minimum Gasteiger partial charge on any atom is -0.477 e. The number of amides is 2. The highest BCUT2D eigenvalue weighted by molar-refractivity contribution is 8.12. The van der Waals surface area contributed by atoms with Crippen LogP contribution in [0.15, 0.2) is 29.3 Å². The zero-order valence-corrected chi connectivity index (χ0v) is 23.4. The number of nitrogens with zero attached hydrogens (tertiary/aromatic N) is 2. The van der Waals surface area contributed by atoms with E-state index in [1.54, 1.807) is 13.8 Å². The lowest BCUT2D eigenvalue weighted by molar-refractivity contribution is -0.137. The molecule has 1 saturated carbocycles. The topological polar surface area (TPSA) is 99.1 Å². The van der Waals surface area contributed by atoms with Crippen LogP contribution >= 0.6 is 23.1 Å². The Labute approximate surface area is 232 Å². The number of carboxylic acid groups (broad SMARTS) is 1. The molecule has 1 aliphatic heterocycles. The SMILES string of the molecule is CC(C)N(c1cc(-c2ccc(NC(=O)C3CSC=N3)c(C(F)(F)F)c2)sc1C(=O)O)C(=O)[C@H]1CC[C@H](C)CC1. The van der Waals surface area contributed by atoms with Crippen LogP contribution in [0.3, 0.4) is 0 Å². The van der Waals surface area contributed by atoms with Gasteiger partial charge in [0.15, 0.2) is 0 Å². The van der Waals surface area contributed by atoms with E-state index in [1.165, 1.54) is 34.3 Å². The first-order valence-corrected chi connectivity index (χ1v) is 14.6. The van der Waals surface area contributed by atoms with Gasteiger partial charge in [-0.1, -0.05) is 13.0 Å². The largest absolute Gasteiger partial charge is 0.477 e. The second kappa shape index (κ2) is 11.7. The summed E-state index contributed by atoms with van der Waals surface area (Å²) >= 11 is 2.12. The number of rotatable bonds is 7. The van der Waals surface area contributed by atoms with E-state index < -0.39 is 35.3 Å². The Morgan fingerprint density at radius 3 is 2.38 bits per heavy atom. The Hall–Kier alpha value is -2.86. The lowest BCUT2D eigenvalue weighted by atomic mass is 9.82. The molecule has 2 aromatic rings. The number of aromatic carboxylic acids is 1. The number of alkyl halides is 3. The molecule has 1 fully saturated rings. The van der Waals surface area contributed by atoms with Crippen LogP contribution in [0, 0.1) is 11.8 Å². The summed E-state index contributed by atoms with van der Waals surface area (Å²) in [6.07, 6.45) is -1.51. The van der Waals surface area contributed by atoms with E-state index in [2.05, 4.69) is 17.2 Å². The number of carbonyl (C=O) groups excluding carboxylic acids is 2. The zero-order chi connectivity index (χ0) is 28.5. The van der Waals surface area contributed by atoms with E-state index in [0.717, 1.165) is 49.2 Å². The average molecular weight is 582 g/mol. The maximum absolute atomic E-state index is 14.0. The molecule has 2 N–H and O–H groups in total. The average Bonchev–Trinajstić information content (AvgIpc) is 3.55. The second-order valence-corrected chi connectivity index (χ2v) is 12.2. The van der Waals surface area contributed by atoms with Gasteiger partial charge in [0.2, 0.25) is 11.8 Å². The normalized spacial score (nSPS) is 21.3. The number of halogens is 3. The third-order valence-corrected chi connectivity index (χ3v) is 8.96. The lowest BCUT2D eigenvalue weighted by Crippen LogP contribution is -2.42. The Bertz CT molecular complexity index is 1280. The molecule has 0 saturated heterocycles. The van der Waals surface area contributed by atoms with Gasteiger partial charge in [0.1, 0.15) is 10.9 Å². The molecule has 1 aromatic heterocycles. The Morgan fingerprint density at radius 2 is 1.82 bits per heavy atom. The number of thiophene rings is 1. The summed E-state index contributed by atoms with van der Waals surface area (Å²) in [6, 6.07) is 3.83. The molecule has 1 atom stereocenters. The molecule has 1 aromatic carbocycles. The van der Waals surface area contributed by atoms with E-state index in [0.29, 0.717) is 11.7 Å². The molecule has 0 bridgehead atoms. The first-order valence-electron chi connectivity index (χ1n) is 12.7. The summed E-state index contributed by atoms with van der Waals surface area (Å²) in [6.45, 7) is 5.72. The maximum atomic E-state index is 14.0. The highest BCUT2D eigenvalue weighted by Crippen LogP contribution is 2.43. The van der Waals surface area contributed by atoms with E-state index in [1.807, 2.05) is 0 Å². The number of anilines is 2. The van der Waals surface area contributed by atoms with Crippen LogP contribution in [0.1, 0.15) is 61.7 Å². The fourth-order valence-electron chi connectivity index (χ4n) is 4.91. The van der Waals surface area contributed by atoms with E-state index in [4.69, 9.17) is 0 Å². The smallest absolute Gasteiger partial charge is 0.418 e. The molecular weight excluding hydrogens is 551 g/mol. The van der Waals surface area contributed by atoms with Crippen LogP contribution < -0.4 is 10.2 Å². The van der Waals surface area contributed by atoms with Crippen molar-refractivity contribution in [1.82, 2.24) is 0 Å². The molecule has 2 aliphatic rings. The standard InChI is InChI=1S/C27H30F3N3O4S2/c1-14(2)33(25(35)16-6-4-15(3)5-7-16)21-11-22(39-23(21)26(36)37)17-8-9-19(18(10-17)27(28,29)30)32-24(34)20-12-38-13-31-20/h8-11,13-16,20H,4-7,12H2,1-3H3,(H,32,34)(H,36,37)/t15-,16-,20?. The van der Waals surface area contributed by atoms with Gasteiger partial charge in [0.05, 0.1) is 22.5 Å². The highest BCUT2D eigenvalue weighted by Gasteiger charge is 2.36. The van der Waals surface area contributed by atoms with Crippen molar-refractivity contribution in [3.63, 3.8) is 0 Å². The van der Waals surface area contributed by atoms with Gasteiger partial charge in [-0.05, 0) is 69.2 Å². The second-order valence-electron chi connectivity index (χ2n) is 10.2. The van der Waals surface area contributed by atoms with Gasteiger partial charge in [0, 0.05) is 22.6 Å². The molecule has 12 heteroatoms. The first-order chi connectivity index (χ1) is 18.4. The van der Waals surface area contributed by atoms with Crippen molar-refractivity contribution in [2.45, 2.75) is 64.7 Å². The van der Waals surface area contributed by atoms with Crippen molar-refractivity contribution in [3.8, 4) is 10.4 Å². The Balaban J connectivity index is 1.70. The number of hydrogen-bond acceptors (Lipinski definition) is 6. The van der Waals surface area contributed by atoms with E-state index in [9.17, 15) is 32.7 Å². The summed E-state index contributed by atoms with van der Waals surface area (Å²) < 4.78 is 42.1. The number of nitrogens with one attached hydrogen (secondary N) is 1. The van der Waals surface area contributed by atoms with E-state index in [-0.39, 0.29) is 38.9 Å². The molecular formula is C27H30F3N3O4S2. The Kier molecular flexibility index (Phi) is 8.75. The minimum atomic E-state index is -4.78. The number of thioether (sulfide) groups is 1. The maximum Gasteiger partial charge on any atom is 0.418 e. The number of hydrogen-bond donors (Lipinski definition) is 2. The molecule has 210 valence electrons. The summed E-state index contributed by atoms with van der Waals surface area (Å²) in [5.41, 5.74) is 0.360. The molecule has 2 amide bonds. The van der Waals surface area contributed by atoms with Crippen LogP contribution in [-0.4, -0.2) is 46.3 Å². The molecule has 0 radical (unpaired) electrons. The number of carbonyl (C=O) groups is 3. The molecule has 1 aliphatic carbocycles. The minimum absolute atomic E-state index is 0.112. The van der Waals surface area contributed by atoms with Gasteiger partial charge < -0.3 is 15.3 Å². The van der Waals surface area contributed by atoms with Crippen molar-refractivity contribution in [1.29, 1.82) is 0 Å². The molecule has 2 heterocycles. The van der Waals surface area contributed by atoms with Crippen LogP contribution in [0.2, 0.25) is 0 Å². The van der Waals surface area contributed by atoms with Crippen molar-refractivity contribution in [2.75, 3.05) is 16.0 Å². The van der Waals surface area contributed by atoms with Gasteiger partial charge in [-0.25, -0.2) is 4.79 Å². The fourth-order valence-corrected chi connectivity index (χ4v) is 6.63. The van der Waals surface area contributed by atoms with Crippen molar-refractivity contribution < 1.29 is 32.7 Å². The first kappa shape index (κ1) is 29.1. The van der Waals surface area contributed by atoms with Crippen LogP contribution in [0.5, 0.6) is 0 Å². The number of carboxylic acids is 1. The van der Waals surface area contributed by atoms with Crippen molar-refractivity contribution in [2.24, 2.45) is 16.8 Å². The van der Waals surface area contributed by atoms with Crippen LogP contribution in [-0.2, 0) is 15.8 Å². The van der Waals surface area contributed by atoms with Crippen LogP contribution in [0.4, 0.5) is 24.5 Å². The van der Waals surface area contributed by atoms with Crippen molar-refractivity contribution >= 4 is 57.8 Å². The lowest BCUT2D eigenvalue weighted by Gasteiger charge is -2.33. The summed E-state index contributed by atoms with van der Waals surface area (Å²) in [4.78, 5) is 43.8. The van der Waals surface area contributed by atoms with Crippen molar-refractivity contribution in [3.05, 3.63) is 34.7 Å². The molecule has 0 spiro atoms. The van der Waals surface area contributed by atoms with Gasteiger partial charge in [-0.2, -0.15) is 13.2 Å². The molecule has 1 unspecified atom stereocenters. The van der Waals surface area contributed by atoms with Gasteiger partial charge in [0.25, 0.3) is 0 Å². The van der Waals surface area contributed by atoms with E-state index >= 15 is 0 Å². The van der Waals surface area contributed by atoms with Crippen LogP contribution in [0.25, 0.3) is 10.4 Å². The molecule has 39 heavy (non-hydrogen) atoms. The number of aliphatic imine (C=N–C) groups is 1. The molecule has 4 rings (SSSR count). The quantitative estimate of drug-likeness (QED) is 0.376.